The molecule has 0 amide bonds. The fraction of sp³-hybridized carbons (Fsp3) is 0.0667. The van der Waals surface area contributed by atoms with E-state index < -0.39 is 4.92 Å². The standard InChI is InChI=1S/C15H12N2O3/c18-14-3-1-2-11(8-14)10-16-7-6-12-4-5-13(17(19)20)9-15(12)16/h1-9,18H,10H2. The SMILES string of the molecule is O=[N+]([O-])c1ccc2ccn(Cc3cccc(O)c3)c2c1. The summed E-state index contributed by atoms with van der Waals surface area (Å²) in [6.45, 7) is 0.555. The Hall–Kier alpha value is -2.82. The van der Waals surface area contributed by atoms with E-state index in [0.717, 1.165) is 16.5 Å². The average molecular weight is 268 g/mol. The van der Waals surface area contributed by atoms with E-state index in [0.29, 0.717) is 6.54 Å². The van der Waals surface area contributed by atoms with Gasteiger partial charge in [0.15, 0.2) is 0 Å². The van der Waals surface area contributed by atoms with E-state index in [4.69, 9.17) is 0 Å². The summed E-state index contributed by atoms with van der Waals surface area (Å²) >= 11 is 0. The molecule has 2 aromatic carbocycles. The van der Waals surface area contributed by atoms with Crippen molar-refractivity contribution in [1.82, 2.24) is 4.57 Å². The van der Waals surface area contributed by atoms with Crippen LogP contribution in [0, 0.1) is 10.1 Å². The van der Waals surface area contributed by atoms with E-state index in [1.54, 1.807) is 30.3 Å². The molecular weight excluding hydrogens is 256 g/mol. The smallest absolute Gasteiger partial charge is 0.271 e. The van der Waals surface area contributed by atoms with Gasteiger partial charge in [0, 0.05) is 30.3 Å². The van der Waals surface area contributed by atoms with Crippen molar-refractivity contribution in [2.24, 2.45) is 0 Å². The number of non-ortho nitro benzene ring substituents is 1. The highest BCUT2D eigenvalue weighted by molar-refractivity contribution is 5.82. The van der Waals surface area contributed by atoms with Crippen molar-refractivity contribution in [3.8, 4) is 5.75 Å². The number of hydrogen-bond donors (Lipinski definition) is 1. The van der Waals surface area contributed by atoms with Gasteiger partial charge in [-0.15, -0.1) is 0 Å². The van der Waals surface area contributed by atoms with E-state index in [1.807, 2.05) is 22.9 Å². The molecule has 0 spiro atoms. The minimum Gasteiger partial charge on any atom is -0.508 e. The predicted molar refractivity (Wildman–Crippen MR) is 75.8 cm³/mol. The number of hydrogen-bond acceptors (Lipinski definition) is 3. The number of phenolic OH excluding ortho intramolecular Hbond substituents is 1. The molecule has 0 aliphatic carbocycles. The van der Waals surface area contributed by atoms with Gasteiger partial charge >= 0.3 is 0 Å². The number of nitro groups is 1. The van der Waals surface area contributed by atoms with Gasteiger partial charge in [-0.2, -0.15) is 0 Å². The number of aromatic hydroxyl groups is 1. The van der Waals surface area contributed by atoms with Gasteiger partial charge in [-0.05, 0) is 29.8 Å². The molecule has 1 heterocycles. The van der Waals surface area contributed by atoms with Crippen LogP contribution in [0.4, 0.5) is 5.69 Å². The van der Waals surface area contributed by atoms with Crippen LogP contribution in [0.25, 0.3) is 10.9 Å². The van der Waals surface area contributed by atoms with E-state index in [-0.39, 0.29) is 11.4 Å². The summed E-state index contributed by atoms with van der Waals surface area (Å²) in [5.74, 6) is 0.213. The largest absolute Gasteiger partial charge is 0.508 e. The van der Waals surface area contributed by atoms with Crippen LogP contribution in [0.2, 0.25) is 0 Å². The molecule has 0 atom stereocenters. The predicted octanol–water partition coefficient (Wildman–Crippen LogP) is 3.30. The first-order chi connectivity index (χ1) is 9.63. The van der Waals surface area contributed by atoms with Crippen molar-refractivity contribution in [3.63, 3.8) is 0 Å². The van der Waals surface area contributed by atoms with Crippen LogP contribution in [-0.2, 0) is 6.54 Å². The Morgan fingerprint density at radius 2 is 2.00 bits per heavy atom. The highest BCUT2D eigenvalue weighted by atomic mass is 16.6. The Morgan fingerprint density at radius 1 is 1.15 bits per heavy atom. The van der Waals surface area contributed by atoms with Gasteiger partial charge in [0.25, 0.3) is 5.69 Å². The minimum atomic E-state index is -0.398. The summed E-state index contributed by atoms with van der Waals surface area (Å²) < 4.78 is 1.93. The quantitative estimate of drug-likeness (QED) is 0.585. The highest BCUT2D eigenvalue weighted by Gasteiger charge is 2.09. The normalized spacial score (nSPS) is 10.8. The Labute approximate surface area is 114 Å². The first-order valence-electron chi connectivity index (χ1n) is 6.15. The van der Waals surface area contributed by atoms with Gasteiger partial charge < -0.3 is 9.67 Å². The summed E-state index contributed by atoms with van der Waals surface area (Å²) in [7, 11) is 0. The van der Waals surface area contributed by atoms with E-state index in [9.17, 15) is 15.2 Å². The summed E-state index contributed by atoms with van der Waals surface area (Å²) in [6.07, 6.45) is 1.89. The van der Waals surface area contributed by atoms with Crippen molar-refractivity contribution in [2.75, 3.05) is 0 Å². The van der Waals surface area contributed by atoms with Gasteiger partial charge in [-0.1, -0.05) is 12.1 Å². The third-order valence-corrected chi connectivity index (χ3v) is 3.23. The molecule has 1 aromatic heterocycles. The van der Waals surface area contributed by atoms with Crippen LogP contribution in [-0.4, -0.2) is 14.6 Å². The van der Waals surface area contributed by atoms with Gasteiger partial charge in [0.05, 0.1) is 10.4 Å². The van der Waals surface area contributed by atoms with Crippen molar-refractivity contribution < 1.29 is 10.0 Å². The van der Waals surface area contributed by atoms with Crippen molar-refractivity contribution in [3.05, 3.63) is 70.4 Å². The molecule has 0 bridgehead atoms. The van der Waals surface area contributed by atoms with E-state index >= 15 is 0 Å². The molecule has 0 radical (unpaired) electrons. The Bertz CT molecular complexity index is 793. The zero-order chi connectivity index (χ0) is 14.1. The second-order valence-electron chi connectivity index (χ2n) is 4.61. The summed E-state index contributed by atoms with van der Waals surface area (Å²) in [5, 5.41) is 21.3. The number of aromatic nitrogens is 1. The topological polar surface area (TPSA) is 68.3 Å². The van der Waals surface area contributed by atoms with Crippen LogP contribution in [0.3, 0.4) is 0 Å². The summed E-state index contributed by atoms with van der Waals surface area (Å²) in [5.41, 5.74) is 1.82. The molecule has 0 aliphatic rings. The lowest BCUT2D eigenvalue weighted by atomic mass is 10.2. The minimum absolute atomic E-state index is 0.0772. The zero-order valence-electron chi connectivity index (χ0n) is 10.6. The number of benzene rings is 2. The molecule has 20 heavy (non-hydrogen) atoms. The number of rotatable bonds is 3. The first-order valence-corrected chi connectivity index (χ1v) is 6.15. The Kier molecular flexibility index (Phi) is 2.87. The Balaban J connectivity index is 2.03. The zero-order valence-corrected chi connectivity index (χ0v) is 10.6. The first kappa shape index (κ1) is 12.2. The maximum Gasteiger partial charge on any atom is 0.271 e. The lowest BCUT2D eigenvalue weighted by Crippen LogP contribution is -1.98. The number of nitro benzene ring substituents is 1. The molecule has 3 aromatic rings. The van der Waals surface area contributed by atoms with Crippen molar-refractivity contribution in [1.29, 1.82) is 0 Å². The molecule has 1 N–H and O–H groups in total. The van der Waals surface area contributed by atoms with Gasteiger partial charge in [-0.3, -0.25) is 10.1 Å². The van der Waals surface area contributed by atoms with Crippen LogP contribution in [0.1, 0.15) is 5.56 Å². The Morgan fingerprint density at radius 3 is 2.75 bits per heavy atom. The van der Waals surface area contributed by atoms with E-state index in [1.165, 1.54) is 6.07 Å². The third kappa shape index (κ3) is 2.21. The molecule has 0 saturated carbocycles. The number of phenols is 1. The molecule has 0 aliphatic heterocycles. The lowest BCUT2D eigenvalue weighted by Gasteiger charge is -2.06. The van der Waals surface area contributed by atoms with Gasteiger partial charge in [-0.25, -0.2) is 0 Å². The maximum absolute atomic E-state index is 10.8. The fourth-order valence-corrected chi connectivity index (χ4v) is 2.28. The number of nitrogens with zero attached hydrogens (tertiary/aromatic N) is 2. The lowest BCUT2D eigenvalue weighted by molar-refractivity contribution is -0.384. The monoisotopic (exact) mass is 268 g/mol. The molecule has 5 heteroatoms. The summed E-state index contributed by atoms with van der Waals surface area (Å²) in [4.78, 5) is 10.4. The summed E-state index contributed by atoms with van der Waals surface area (Å²) in [6, 6.07) is 13.7. The molecule has 3 rings (SSSR count). The van der Waals surface area contributed by atoms with Crippen LogP contribution >= 0.6 is 0 Å². The highest BCUT2D eigenvalue weighted by Crippen LogP contribution is 2.23. The fourth-order valence-electron chi connectivity index (χ4n) is 2.28. The second-order valence-corrected chi connectivity index (χ2v) is 4.61. The molecule has 0 saturated heterocycles. The molecular formula is C15H12N2O3. The van der Waals surface area contributed by atoms with Crippen molar-refractivity contribution >= 4 is 16.6 Å². The van der Waals surface area contributed by atoms with Gasteiger partial charge in [0.2, 0.25) is 0 Å². The van der Waals surface area contributed by atoms with Crippen LogP contribution in [0.5, 0.6) is 5.75 Å². The molecule has 0 unspecified atom stereocenters. The third-order valence-electron chi connectivity index (χ3n) is 3.23. The number of fused-ring (bicyclic) bond motifs is 1. The molecule has 0 fully saturated rings. The maximum atomic E-state index is 10.8. The average Bonchev–Trinajstić information content (AvgIpc) is 2.81. The van der Waals surface area contributed by atoms with Crippen LogP contribution < -0.4 is 0 Å². The molecule has 5 nitrogen and oxygen atoms in total. The van der Waals surface area contributed by atoms with Gasteiger partial charge in [0.1, 0.15) is 5.75 Å². The molecule has 100 valence electrons. The van der Waals surface area contributed by atoms with Crippen molar-refractivity contribution in [2.45, 2.75) is 6.54 Å². The van der Waals surface area contributed by atoms with Crippen LogP contribution in [0.15, 0.2) is 54.7 Å². The van der Waals surface area contributed by atoms with E-state index in [2.05, 4.69) is 0 Å². The second kappa shape index (κ2) is 4.70.